The van der Waals surface area contributed by atoms with Crippen LogP contribution in [0, 0.1) is 0 Å². The van der Waals surface area contributed by atoms with Crippen LogP contribution in [0.4, 0.5) is 0 Å². The summed E-state index contributed by atoms with van der Waals surface area (Å²) < 4.78 is 0. The molecular weight excluding hydrogens is 272 g/mol. The molecule has 2 rings (SSSR count). The molecule has 0 saturated carbocycles. The number of rotatable bonds is 6. The molecule has 0 aromatic heterocycles. The first kappa shape index (κ1) is 17.0. The first-order valence-corrected chi connectivity index (χ1v) is 7.30. The molecule has 0 spiro atoms. The van der Waals surface area contributed by atoms with Gasteiger partial charge in [0.15, 0.2) is 0 Å². The van der Waals surface area contributed by atoms with Crippen LogP contribution in [0.2, 0.25) is 0 Å². The van der Waals surface area contributed by atoms with E-state index in [2.05, 4.69) is 34.9 Å². The van der Waals surface area contributed by atoms with E-state index in [4.69, 9.17) is 0 Å². The minimum absolute atomic E-state index is 0. The van der Waals surface area contributed by atoms with Gasteiger partial charge in [0.1, 0.15) is 0 Å². The Kier molecular flexibility index (Phi) is 7.63. The highest BCUT2D eigenvalue weighted by Gasteiger charge is 2.19. The summed E-state index contributed by atoms with van der Waals surface area (Å²) in [5.74, 6) is 0.677. The summed E-state index contributed by atoms with van der Waals surface area (Å²) in [4.78, 5) is 11.7. The third-order valence-electron chi connectivity index (χ3n) is 3.87. The fourth-order valence-corrected chi connectivity index (χ4v) is 2.82. The van der Waals surface area contributed by atoms with E-state index in [1.165, 1.54) is 30.4 Å². The lowest BCUT2D eigenvalue weighted by Crippen LogP contribution is -2.30. The van der Waals surface area contributed by atoms with Gasteiger partial charge >= 0.3 is 0 Å². The van der Waals surface area contributed by atoms with Crippen LogP contribution >= 0.6 is 12.4 Å². The second kappa shape index (κ2) is 8.98. The molecule has 20 heavy (non-hydrogen) atoms. The molecule has 1 aliphatic carbocycles. The molecule has 3 nitrogen and oxygen atoms in total. The van der Waals surface area contributed by atoms with Crippen molar-refractivity contribution < 1.29 is 4.79 Å². The van der Waals surface area contributed by atoms with Gasteiger partial charge in [-0.3, -0.25) is 4.79 Å². The van der Waals surface area contributed by atoms with Crippen LogP contribution in [0.3, 0.4) is 0 Å². The molecule has 2 N–H and O–H groups in total. The van der Waals surface area contributed by atoms with Crippen LogP contribution in [0.1, 0.15) is 42.7 Å². The number of fused-ring (bicyclic) bond motifs is 1. The van der Waals surface area contributed by atoms with Crippen molar-refractivity contribution in [1.82, 2.24) is 10.6 Å². The first-order valence-electron chi connectivity index (χ1n) is 7.30. The Labute approximate surface area is 127 Å². The second-order valence-electron chi connectivity index (χ2n) is 5.30. The third-order valence-corrected chi connectivity index (χ3v) is 3.87. The maximum Gasteiger partial charge on any atom is 0.220 e. The summed E-state index contributed by atoms with van der Waals surface area (Å²) in [5, 5.41) is 6.15. The van der Waals surface area contributed by atoms with Crippen LogP contribution in [-0.2, 0) is 11.2 Å². The van der Waals surface area contributed by atoms with E-state index in [-0.39, 0.29) is 18.3 Å². The number of aryl methyl sites for hydroxylation is 1. The summed E-state index contributed by atoms with van der Waals surface area (Å²) in [6.45, 7) is 1.69. The smallest absolute Gasteiger partial charge is 0.220 e. The third kappa shape index (κ3) is 4.80. The molecule has 0 bridgehead atoms. The van der Waals surface area contributed by atoms with Crippen LogP contribution < -0.4 is 10.6 Å². The molecule has 1 aliphatic rings. The number of hydrogen-bond donors (Lipinski definition) is 2. The molecule has 1 amide bonds. The van der Waals surface area contributed by atoms with E-state index in [9.17, 15) is 4.79 Å². The molecule has 0 radical (unpaired) electrons. The van der Waals surface area contributed by atoms with Gasteiger partial charge in [-0.15, -0.1) is 12.4 Å². The molecule has 112 valence electrons. The maximum atomic E-state index is 11.7. The van der Waals surface area contributed by atoms with Crippen LogP contribution in [-0.4, -0.2) is 26.0 Å². The molecular formula is C16H25ClN2O. The van der Waals surface area contributed by atoms with Crippen LogP contribution in [0.5, 0.6) is 0 Å². The summed E-state index contributed by atoms with van der Waals surface area (Å²) in [6.07, 6.45) is 5.13. The molecule has 0 heterocycles. The summed E-state index contributed by atoms with van der Waals surface area (Å²) in [6, 6.07) is 8.64. The minimum Gasteiger partial charge on any atom is -0.355 e. The predicted octanol–water partition coefficient (Wildman–Crippen LogP) is 2.64. The SMILES string of the molecule is CNCCCC(=O)NCC1CCCc2ccccc21.Cl. The zero-order chi connectivity index (χ0) is 13.5. The second-order valence-corrected chi connectivity index (χ2v) is 5.30. The zero-order valence-electron chi connectivity index (χ0n) is 12.2. The molecule has 1 unspecified atom stereocenters. The number of nitrogens with one attached hydrogen (secondary N) is 2. The van der Waals surface area contributed by atoms with Crippen molar-refractivity contribution in [3.63, 3.8) is 0 Å². The Morgan fingerprint density at radius 3 is 2.95 bits per heavy atom. The van der Waals surface area contributed by atoms with E-state index < -0.39 is 0 Å². The monoisotopic (exact) mass is 296 g/mol. The molecule has 4 heteroatoms. The average Bonchev–Trinajstić information content (AvgIpc) is 2.45. The Morgan fingerprint density at radius 1 is 1.35 bits per heavy atom. The minimum atomic E-state index is 0. The fourth-order valence-electron chi connectivity index (χ4n) is 2.82. The molecule has 1 atom stereocenters. The number of halogens is 1. The Morgan fingerprint density at radius 2 is 2.15 bits per heavy atom. The van der Waals surface area contributed by atoms with Gasteiger partial charge in [-0.05, 0) is 50.4 Å². The van der Waals surface area contributed by atoms with E-state index in [0.29, 0.717) is 12.3 Å². The first-order chi connectivity index (χ1) is 9.31. The van der Waals surface area contributed by atoms with Crippen molar-refractivity contribution in [1.29, 1.82) is 0 Å². The molecule has 0 aliphatic heterocycles. The molecule has 0 fully saturated rings. The van der Waals surface area contributed by atoms with Gasteiger partial charge < -0.3 is 10.6 Å². The Hall–Kier alpha value is -1.06. The van der Waals surface area contributed by atoms with Gasteiger partial charge in [-0.2, -0.15) is 0 Å². The topological polar surface area (TPSA) is 41.1 Å². The molecule has 1 aromatic rings. The maximum absolute atomic E-state index is 11.7. The van der Waals surface area contributed by atoms with E-state index in [0.717, 1.165) is 19.5 Å². The predicted molar refractivity (Wildman–Crippen MR) is 85.5 cm³/mol. The lowest BCUT2D eigenvalue weighted by atomic mass is 9.83. The van der Waals surface area contributed by atoms with Gasteiger partial charge in [-0.1, -0.05) is 24.3 Å². The normalized spacial score (nSPS) is 16.9. The Bertz CT molecular complexity index is 423. The molecule has 1 aromatic carbocycles. The van der Waals surface area contributed by atoms with Crippen molar-refractivity contribution in [2.45, 2.75) is 38.0 Å². The van der Waals surface area contributed by atoms with Gasteiger partial charge in [0.25, 0.3) is 0 Å². The largest absolute Gasteiger partial charge is 0.355 e. The average molecular weight is 297 g/mol. The highest BCUT2D eigenvalue weighted by molar-refractivity contribution is 5.85. The summed E-state index contributed by atoms with van der Waals surface area (Å²) in [5.41, 5.74) is 2.90. The van der Waals surface area contributed by atoms with Crippen LogP contribution in [0.15, 0.2) is 24.3 Å². The highest BCUT2D eigenvalue weighted by atomic mass is 35.5. The Balaban J connectivity index is 0.00000200. The van der Waals surface area contributed by atoms with Crippen molar-refractivity contribution >= 4 is 18.3 Å². The van der Waals surface area contributed by atoms with Crippen LogP contribution in [0.25, 0.3) is 0 Å². The number of amides is 1. The van der Waals surface area contributed by atoms with Crippen molar-refractivity contribution in [3.8, 4) is 0 Å². The van der Waals surface area contributed by atoms with E-state index in [1.807, 2.05) is 7.05 Å². The lowest BCUT2D eigenvalue weighted by molar-refractivity contribution is -0.121. The van der Waals surface area contributed by atoms with Crippen molar-refractivity contribution in [3.05, 3.63) is 35.4 Å². The number of hydrogen-bond acceptors (Lipinski definition) is 2. The van der Waals surface area contributed by atoms with E-state index >= 15 is 0 Å². The van der Waals surface area contributed by atoms with Gasteiger partial charge in [0.2, 0.25) is 5.91 Å². The van der Waals surface area contributed by atoms with Crippen molar-refractivity contribution in [2.75, 3.05) is 20.1 Å². The van der Waals surface area contributed by atoms with Crippen molar-refractivity contribution in [2.24, 2.45) is 0 Å². The number of carbonyl (C=O) groups is 1. The number of carbonyl (C=O) groups excluding carboxylic acids is 1. The molecule has 0 saturated heterocycles. The fraction of sp³-hybridized carbons (Fsp3) is 0.562. The number of benzene rings is 1. The zero-order valence-corrected chi connectivity index (χ0v) is 13.0. The standard InChI is InChI=1S/C16H24N2O.ClH/c1-17-11-5-10-16(19)18-12-14-8-4-7-13-6-2-3-9-15(13)14;/h2-3,6,9,14,17H,4-5,7-8,10-12H2,1H3,(H,18,19);1H. The quantitative estimate of drug-likeness (QED) is 0.793. The highest BCUT2D eigenvalue weighted by Crippen LogP contribution is 2.30. The van der Waals surface area contributed by atoms with Gasteiger partial charge in [0, 0.05) is 18.9 Å². The van der Waals surface area contributed by atoms with Gasteiger partial charge in [-0.25, -0.2) is 0 Å². The summed E-state index contributed by atoms with van der Waals surface area (Å²) >= 11 is 0. The summed E-state index contributed by atoms with van der Waals surface area (Å²) in [7, 11) is 1.91. The van der Waals surface area contributed by atoms with E-state index in [1.54, 1.807) is 0 Å². The van der Waals surface area contributed by atoms with Gasteiger partial charge in [0.05, 0.1) is 0 Å². The lowest BCUT2D eigenvalue weighted by Gasteiger charge is -2.25.